The maximum atomic E-state index is 4.20. The topological polar surface area (TPSA) is 68.9 Å². The Balaban J connectivity index is 2.57. The molecule has 0 N–H and O–H groups in total. The van der Waals surface area contributed by atoms with Crippen LogP contribution in [-0.4, -0.2) is 30.2 Å². The molecular weight excluding hydrogens is 168 g/mol. The Labute approximate surface area is 72.2 Å². The van der Waals surface area contributed by atoms with Gasteiger partial charge in [0, 0.05) is 0 Å². The SMILES string of the molecule is c1ccc2nn3nnnc3nc2c1. The normalized spacial score (nSPS) is 11.1. The van der Waals surface area contributed by atoms with Gasteiger partial charge in [-0.25, -0.2) is 4.98 Å². The van der Waals surface area contributed by atoms with Crippen LogP contribution in [0, 0.1) is 0 Å². The van der Waals surface area contributed by atoms with Crippen molar-refractivity contribution in [2.45, 2.75) is 0 Å². The minimum absolute atomic E-state index is 0.415. The zero-order valence-corrected chi connectivity index (χ0v) is 6.49. The average Bonchev–Trinajstić information content (AvgIpc) is 2.61. The van der Waals surface area contributed by atoms with Crippen LogP contribution >= 0.6 is 0 Å². The molecule has 0 unspecified atom stereocenters. The van der Waals surface area contributed by atoms with Crippen LogP contribution in [-0.2, 0) is 0 Å². The molecule has 0 amide bonds. The van der Waals surface area contributed by atoms with Crippen LogP contribution < -0.4 is 0 Å². The molecule has 2 aromatic heterocycles. The number of aromatic nitrogens is 6. The monoisotopic (exact) mass is 172 g/mol. The van der Waals surface area contributed by atoms with Crippen molar-refractivity contribution in [2.24, 2.45) is 0 Å². The van der Waals surface area contributed by atoms with Crippen LogP contribution in [0.15, 0.2) is 24.3 Å². The fraction of sp³-hybridized carbons (Fsp3) is 0. The van der Waals surface area contributed by atoms with Gasteiger partial charge >= 0.3 is 0 Å². The number of benzene rings is 1. The van der Waals surface area contributed by atoms with Gasteiger partial charge in [-0.1, -0.05) is 21.9 Å². The van der Waals surface area contributed by atoms with E-state index in [-0.39, 0.29) is 0 Å². The van der Waals surface area contributed by atoms with E-state index in [4.69, 9.17) is 0 Å². The van der Waals surface area contributed by atoms with Crippen molar-refractivity contribution in [1.29, 1.82) is 0 Å². The van der Waals surface area contributed by atoms with Gasteiger partial charge in [0.2, 0.25) is 0 Å². The molecule has 0 aliphatic carbocycles. The summed E-state index contributed by atoms with van der Waals surface area (Å²) < 4.78 is 1.31. The minimum Gasteiger partial charge on any atom is -0.207 e. The number of rotatable bonds is 0. The molecule has 0 saturated carbocycles. The second kappa shape index (κ2) is 2.19. The summed E-state index contributed by atoms with van der Waals surface area (Å²) in [4.78, 5) is 4.20. The van der Waals surface area contributed by atoms with Crippen molar-refractivity contribution >= 4 is 16.8 Å². The molecular formula is C7H4N6. The third-order valence-corrected chi connectivity index (χ3v) is 1.74. The number of fused-ring (bicyclic) bond motifs is 2. The standard InChI is InChI=1S/C7H4N6/c1-2-4-6-5(3-1)8-7-9-11-12-13(7)10-6/h1-4H. The van der Waals surface area contributed by atoms with Gasteiger partial charge in [-0.15, -0.1) is 5.10 Å². The summed E-state index contributed by atoms with van der Waals surface area (Å²) in [5.74, 6) is 0.415. The van der Waals surface area contributed by atoms with E-state index in [9.17, 15) is 0 Å². The van der Waals surface area contributed by atoms with Crippen molar-refractivity contribution in [1.82, 2.24) is 30.2 Å². The van der Waals surface area contributed by atoms with Crippen molar-refractivity contribution in [3.63, 3.8) is 0 Å². The van der Waals surface area contributed by atoms with Crippen LogP contribution in [0.2, 0.25) is 0 Å². The highest BCUT2D eigenvalue weighted by Gasteiger charge is 2.01. The molecule has 3 rings (SSSR count). The van der Waals surface area contributed by atoms with E-state index in [0.717, 1.165) is 11.0 Å². The Bertz CT molecular complexity index is 521. The fourth-order valence-electron chi connectivity index (χ4n) is 1.16. The average molecular weight is 172 g/mol. The molecule has 1 aromatic carbocycles. The van der Waals surface area contributed by atoms with Gasteiger partial charge in [0.1, 0.15) is 5.52 Å². The molecule has 0 bridgehead atoms. The Morgan fingerprint density at radius 1 is 1.08 bits per heavy atom. The molecule has 0 aliphatic heterocycles. The minimum atomic E-state index is 0.415. The molecule has 62 valence electrons. The fourth-order valence-corrected chi connectivity index (χ4v) is 1.16. The van der Waals surface area contributed by atoms with E-state index in [2.05, 4.69) is 25.6 Å². The predicted octanol–water partition coefficient (Wildman–Crippen LogP) is 0.0675. The van der Waals surface area contributed by atoms with Gasteiger partial charge in [0.25, 0.3) is 5.78 Å². The quantitative estimate of drug-likeness (QED) is 0.480. The lowest BCUT2D eigenvalue weighted by atomic mass is 10.3. The second-order valence-electron chi connectivity index (χ2n) is 2.57. The van der Waals surface area contributed by atoms with E-state index in [1.807, 2.05) is 24.3 Å². The highest BCUT2D eigenvalue weighted by Crippen LogP contribution is 2.06. The first-order chi connectivity index (χ1) is 6.43. The van der Waals surface area contributed by atoms with E-state index in [1.165, 1.54) is 4.63 Å². The summed E-state index contributed by atoms with van der Waals surface area (Å²) in [6.45, 7) is 0. The van der Waals surface area contributed by atoms with Crippen molar-refractivity contribution < 1.29 is 0 Å². The largest absolute Gasteiger partial charge is 0.291 e. The van der Waals surface area contributed by atoms with Crippen molar-refractivity contribution in [3.05, 3.63) is 24.3 Å². The molecule has 6 nitrogen and oxygen atoms in total. The van der Waals surface area contributed by atoms with Gasteiger partial charge in [-0.3, -0.25) is 0 Å². The molecule has 0 radical (unpaired) electrons. The lowest BCUT2D eigenvalue weighted by Gasteiger charge is -1.93. The summed E-state index contributed by atoms with van der Waals surface area (Å²) in [6, 6.07) is 7.53. The summed E-state index contributed by atoms with van der Waals surface area (Å²) in [6.07, 6.45) is 0. The third-order valence-electron chi connectivity index (χ3n) is 1.74. The summed E-state index contributed by atoms with van der Waals surface area (Å²) >= 11 is 0. The Morgan fingerprint density at radius 2 is 1.92 bits per heavy atom. The highest BCUT2D eigenvalue weighted by atomic mass is 15.6. The first-order valence-corrected chi connectivity index (χ1v) is 3.75. The Hall–Kier alpha value is -2.11. The smallest absolute Gasteiger partial charge is 0.207 e. The van der Waals surface area contributed by atoms with Crippen LogP contribution in [0.4, 0.5) is 0 Å². The Kier molecular flexibility index (Phi) is 1.08. The molecule has 3 aromatic rings. The Morgan fingerprint density at radius 3 is 2.85 bits per heavy atom. The molecule has 0 aliphatic rings. The molecule has 0 saturated heterocycles. The van der Waals surface area contributed by atoms with Gasteiger partial charge < -0.3 is 0 Å². The maximum Gasteiger partial charge on any atom is 0.291 e. The number of hydrogen-bond donors (Lipinski definition) is 0. The molecule has 2 heterocycles. The summed E-state index contributed by atoms with van der Waals surface area (Å²) in [7, 11) is 0. The highest BCUT2D eigenvalue weighted by molar-refractivity contribution is 5.74. The van der Waals surface area contributed by atoms with E-state index in [0.29, 0.717) is 5.78 Å². The van der Waals surface area contributed by atoms with Crippen molar-refractivity contribution in [2.75, 3.05) is 0 Å². The predicted molar refractivity (Wildman–Crippen MR) is 43.9 cm³/mol. The maximum absolute atomic E-state index is 4.20. The summed E-state index contributed by atoms with van der Waals surface area (Å²) in [5, 5.41) is 15.0. The van der Waals surface area contributed by atoms with Crippen LogP contribution in [0.25, 0.3) is 16.8 Å². The zero-order chi connectivity index (χ0) is 8.67. The second-order valence-corrected chi connectivity index (χ2v) is 2.57. The van der Waals surface area contributed by atoms with Crippen LogP contribution in [0.1, 0.15) is 0 Å². The third kappa shape index (κ3) is 0.851. The number of tetrazole rings is 1. The van der Waals surface area contributed by atoms with Gasteiger partial charge in [0.05, 0.1) is 5.52 Å². The lowest BCUT2D eigenvalue weighted by Crippen LogP contribution is -1.97. The van der Waals surface area contributed by atoms with E-state index >= 15 is 0 Å². The molecule has 0 fully saturated rings. The number of hydrogen-bond acceptors (Lipinski definition) is 5. The first kappa shape index (κ1) is 6.41. The van der Waals surface area contributed by atoms with Crippen molar-refractivity contribution in [3.8, 4) is 0 Å². The van der Waals surface area contributed by atoms with E-state index < -0.39 is 0 Å². The molecule has 0 spiro atoms. The van der Waals surface area contributed by atoms with Crippen LogP contribution in [0.5, 0.6) is 0 Å². The molecule has 13 heavy (non-hydrogen) atoms. The molecule has 0 atom stereocenters. The van der Waals surface area contributed by atoms with Gasteiger partial charge in [0.15, 0.2) is 0 Å². The van der Waals surface area contributed by atoms with E-state index in [1.54, 1.807) is 0 Å². The van der Waals surface area contributed by atoms with Gasteiger partial charge in [-0.05, 0) is 22.6 Å². The lowest BCUT2D eigenvalue weighted by molar-refractivity contribution is 0.740. The van der Waals surface area contributed by atoms with Crippen LogP contribution in [0.3, 0.4) is 0 Å². The molecule has 6 heteroatoms. The number of nitrogens with zero attached hydrogens (tertiary/aromatic N) is 6. The zero-order valence-electron chi connectivity index (χ0n) is 6.49. The first-order valence-electron chi connectivity index (χ1n) is 3.75. The number of para-hydroxylation sites is 1. The van der Waals surface area contributed by atoms with Gasteiger partial charge in [-0.2, -0.15) is 0 Å². The summed E-state index contributed by atoms with van der Waals surface area (Å²) in [5.41, 5.74) is 1.58.